The summed E-state index contributed by atoms with van der Waals surface area (Å²) in [7, 11) is 0. The van der Waals surface area contributed by atoms with E-state index in [4.69, 9.17) is 11.6 Å². The van der Waals surface area contributed by atoms with Gasteiger partial charge in [-0.25, -0.2) is 4.98 Å². The number of nitrogens with one attached hydrogen (secondary N) is 1. The van der Waals surface area contributed by atoms with Gasteiger partial charge in [0, 0.05) is 26.7 Å². The first-order chi connectivity index (χ1) is 14.5. The number of benzene rings is 2. The molecule has 0 aliphatic carbocycles. The smallest absolute Gasteiger partial charge is 0.295 e. The number of halogens is 2. The summed E-state index contributed by atoms with van der Waals surface area (Å²) in [5.74, 6) is -1.94. The summed E-state index contributed by atoms with van der Waals surface area (Å²) in [6.45, 7) is 0.194. The summed E-state index contributed by atoms with van der Waals surface area (Å²) in [6.07, 6.45) is 3.52. The van der Waals surface area contributed by atoms with Crippen molar-refractivity contribution < 1.29 is 19.7 Å². The number of aromatic amines is 1. The van der Waals surface area contributed by atoms with Crippen LogP contribution in [0.2, 0.25) is 5.02 Å². The van der Waals surface area contributed by atoms with Gasteiger partial charge in [-0.15, -0.1) is 0 Å². The number of hydrogen-bond donors (Lipinski definition) is 0. The molecule has 1 atom stereocenters. The fourth-order valence-electron chi connectivity index (χ4n) is 3.51. The highest BCUT2D eigenvalue weighted by Gasteiger charge is 2.44. The van der Waals surface area contributed by atoms with Gasteiger partial charge in [0.1, 0.15) is 0 Å². The molecule has 1 N–H and O–H groups in total. The normalized spacial score (nSPS) is 18.1. The van der Waals surface area contributed by atoms with E-state index >= 15 is 0 Å². The molecule has 2 aromatic carbocycles. The minimum absolute atomic E-state index is 0.0513. The number of Topliss-reactive ketones (excluding diaryl/α,β-unsaturated/α-hetero) is 1. The Morgan fingerprint density at radius 2 is 1.77 bits per heavy atom. The Balaban J connectivity index is 1.85. The van der Waals surface area contributed by atoms with Gasteiger partial charge < -0.3 is 10.0 Å². The third-order valence-corrected chi connectivity index (χ3v) is 5.73. The van der Waals surface area contributed by atoms with Crippen molar-refractivity contribution in [1.82, 2.24) is 4.90 Å². The van der Waals surface area contributed by atoms with Crippen molar-refractivity contribution in [3.05, 3.63) is 105 Å². The van der Waals surface area contributed by atoms with E-state index in [0.717, 1.165) is 10.0 Å². The van der Waals surface area contributed by atoms with Gasteiger partial charge >= 0.3 is 0 Å². The minimum Gasteiger partial charge on any atom is -0.872 e. The van der Waals surface area contributed by atoms with E-state index in [0.29, 0.717) is 16.1 Å². The van der Waals surface area contributed by atoms with Crippen LogP contribution < -0.4 is 10.1 Å². The molecule has 30 heavy (non-hydrogen) atoms. The molecule has 1 fully saturated rings. The standard InChI is InChI=1S/C23H16BrClN2O3/c24-17-7-3-15(4-8-17)20-19(21(28)16-5-9-18(25)10-6-16)22(29)23(30)27(20)13-14-2-1-11-26-12-14/h1-12,20,28H,13H2. The highest BCUT2D eigenvalue weighted by Crippen LogP contribution is 2.39. The van der Waals surface area contributed by atoms with Crippen LogP contribution in [0.25, 0.3) is 5.76 Å². The lowest BCUT2D eigenvalue weighted by atomic mass is 9.95. The monoisotopic (exact) mass is 482 g/mol. The number of likely N-dealkylation sites (tertiary alicyclic amines) is 1. The number of rotatable bonds is 4. The number of aromatic nitrogens is 1. The van der Waals surface area contributed by atoms with Gasteiger partial charge in [-0.2, -0.15) is 0 Å². The summed E-state index contributed by atoms with van der Waals surface area (Å²) >= 11 is 9.32. The first-order valence-electron chi connectivity index (χ1n) is 9.18. The lowest BCUT2D eigenvalue weighted by molar-refractivity contribution is -0.378. The van der Waals surface area contributed by atoms with E-state index in [1.54, 1.807) is 48.8 Å². The van der Waals surface area contributed by atoms with Crippen LogP contribution in [-0.2, 0) is 16.1 Å². The van der Waals surface area contributed by atoms with Crippen LogP contribution in [-0.4, -0.2) is 16.6 Å². The Morgan fingerprint density at radius 1 is 1.07 bits per heavy atom. The van der Waals surface area contributed by atoms with Crippen LogP contribution >= 0.6 is 27.5 Å². The fraction of sp³-hybridized carbons (Fsp3) is 0.0870. The second kappa shape index (κ2) is 8.42. The van der Waals surface area contributed by atoms with Crippen LogP contribution in [0.3, 0.4) is 0 Å². The Labute approximate surface area is 186 Å². The number of nitrogens with zero attached hydrogens (tertiary/aromatic N) is 1. The zero-order valence-corrected chi connectivity index (χ0v) is 18.0. The summed E-state index contributed by atoms with van der Waals surface area (Å²) in [5.41, 5.74) is 1.77. The van der Waals surface area contributed by atoms with E-state index in [1.807, 2.05) is 24.3 Å². The van der Waals surface area contributed by atoms with E-state index in [9.17, 15) is 14.7 Å². The number of hydrogen-bond acceptors (Lipinski definition) is 3. The molecule has 4 rings (SSSR count). The predicted octanol–water partition coefficient (Wildman–Crippen LogP) is 3.34. The van der Waals surface area contributed by atoms with Crippen LogP contribution in [0.1, 0.15) is 22.7 Å². The third kappa shape index (κ3) is 3.88. The van der Waals surface area contributed by atoms with Crippen molar-refractivity contribution in [3.8, 4) is 0 Å². The van der Waals surface area contributed by atoms with Gasteiger partial charge in [0.2, 0.25) is 5.78 Å². The molecule has 7 heteroatoms. The van der Waals surface area contributed by atoms with E-state index in [2.05, 4.69) is 20.9 Å². The molecule has 1 unspecified atom stereocenters. The highest BCUT2D eigenvalue weighted by molar-refractivity contribution is 9.10. The van der Waals surface area contributed by atoms with Crippen molar-refractivity contribution in [2.75, 3.05) is 0 Å². The molecule has 3 aromatic rings. The molecule has 1 saturated heterocycles. The van der Waals surface area contributed by atoms with E-state index < -0.39 is 23.5 Å². The zero-order valence-electron chi connectivity index (χ0n) is 15.6. The number of carbonyl (C=O) groups is 2. The molecule has 150 valence electrons. The minimum atomic E-state index is -0.776. The average Bonchev–Trinajstić information content (AvgIpc) is 3.00. The summed E-state index contributed by atoms with van der Waals surface area (Å²) in [5, 5.41) is 13.8. The van der Waals surface area contributed by atoms with Crippen molar-refractivity contribution in [2.24, 2.45) is 0 Å². The van der Waals surface area contributed by atoms with Gasteiger partial charge in [0.15, 0.2) is 12.4 Å². The quantitative estimate of drug-likeness (QED) is 0.324. The maximum Gasteiger partial charge on any atom is 0.295 e. The molecular formula is C23H16BrClN2O3. The molecular weight excluding hydrogens is 468 g/mol. The lowest BCUT2D eigenvalue weighted by Gasteiger charge is -2.27. The number of ketones is 1. The molecule has 0 bridgehead atoms. The number of pyridine rings is 1. The van der Waals surface area contributed by atoms with Crippen LogP contribution in [0, 0.1) is 0 Å². The van der Waals surface area contributed by atoms with Gasteiger partial charge in [-0.05, 0) is 41.5 Å². The topological polar surface area (TPSA) is 74.6 Å². The van der Waals surface area contributed by atoms with E-state index in [1.165, 1.54) is 4.90 Å². The summed E-state index contributed by atoms with van der Waals surface area (Å²) in [6, 6.07) is 16.4. The molecule has 5 nitrogen and oxygen atoms in total. The third-order valence-electron chi connectivity index (χ3n) is 4.95. The molecule has 1 aliphatic heterocycles. The first kappa shape index (κ1) is 20.3. The molecule has 0 radical (unpaired) electrons. The SMILES string of the molecule is O=C1C(=O)N(Cc2ccc[nH+]c2)C(c2ccc(Br)cc2)C1=C([O-])c1ccc(Cl)cc1. The molecule has 2 heterocycles. The molecule has 0 saturated carbocycles. The van der Waals surface area contributed by atoms with Gasteiger partial charge in [0.25, 0.3) is 5.91 Å². The maximum absolute atomic E-state index is 13.3. The fourth-order valence-corrected chi connectivity index (χ4v) is 3.90. The summed E-state index contributed by atoms with van der Waals surface area (Å²) < 4.78 is 0.858. The number of amides is 1. The lowest BCUT2D eigenvalue weighted by Crippen LogP contribution is -2.29. The highest BCUT2D eigenvalue weighted by atomic mass is 79.9. The molecule has 1 amide bonds. The van der Waals surface area contributed by atoms with E-state index in [-0.39, 0.29) is 12.1 Å². The van der Waals surface area contributed by atoms with Crippen LogP contribution in [0.15, 0.2) is 83.1 Å². The zero-order chi connectivity index (χ0) is 21.3. The van der Waals surface area contributed by atoms with Gasteiger partial charge in [-0.3, -0.25) is 9.59 Å². The predicted molar refractivity (Wildman–Crippen MR) is 114 cm³/mol. The second-order valence-electron chi connectivity index (χ2n) is 6.88. The van der Waals surface area contributed by atoms with Crippen molar-refractivity contribution in [2.45, 2.75) is 12.6 Å². The van der Waals surface area contributed by atoms with Crippen LogP contribution in [0.4, 0.5) is 0 Å². The molecule has 1 aromatic heterocycles. The Hall–Kier alpha value is -2.96. The van der Waals surface area contributed by atoms with Crippen molar-refractivity contribution in [3.63, 3.8) is 0 Å². The Bertz CT molecular complexity index is 1130. The average molecular weight is 484 g/mol. The molecule has 0 spiro atoms. The van der Waals surface area contributed by atoms with Crippen molar-refractivity contribution in [1.29, 1.82) is 0 Å². The van der Waals surface area contributed by atoms with Gasteiger partial charge in [-0.1, -0.05) is 57.6 Å². The van der Waals surface area contributed by atoms with Crippen LogP contribution in [0.5, 0.6) is 0 Å². The molecule has 1 aliphatic rings. The second-order valence-corrected chi connectivity index (χ2v) is 8.23. The summed E-state index contributed by atoms with van der Waals surface area (Å²) in [4.78, 5) is 30.3. The largest absolute Gasteiger partial charge is 0.872 e. The first-order valence-corrected chi connectivity index (χ1v) is 10.4. The number of H-pyrrole nitrogens is 1. The Kier molecular flexibility index (Phi) is 5.70. The maximum atomic E-state index is 13.3. The van der Waals surface area contributed by atoms with Gasteiger partial charge in [0.05, 0.1) is 12.6 Å². The number of carbonyl (C=O) groups excluding carboxylic acids is 2. The Morgan fingerprint density at radius 3 is 2.40 bits per heavy atom. The van der Waals surface area contributed by atoms with Crippen molar-refractivity contribution >= 4 is 45.0 Å².